The molecular formula is C12H30N4. The molecule has 0 saturated carbocycles. The summed E-state index contributed by atoms with van der Waals surface area (Å²) in [5.41, 5.74) is 10.8. The molecule has 0 aromatic rings. The van der Waals surface area contributed by atoms with Crippen molar-refractivity contribution in [3.63, 3.8) is 0 Å². The average Bonchev–Trinajstić information content (AvgIpc) is 2.28. The van der Waals surface area contributed by atoms with E-state index in [2.05, 4.69) is 17.6 Å². The van der Waals surface area contributed by atoms with Gasteiger partial charge in [-0.05, 0) is 65.3 Å². The summed E-state index contributed by atoms with van der Waals surface area (Å²) in [4.78, 5) is 0. The summed E-state index contributed by atoms with van der Waals surface area (Å²) in [5.74, 6) is 0. The van der Waals surface area contributed by atoms with E-state index in [-0.39, 0.29) is 0 Å². The molecule has 0 saturated heterocycles. The molecule has 0 rings (SSSR count). The largest absolute Gasteiger partial charge is 0.330 e. The van der Waals surface area contributed by atoms with Crippen molar-refractivity contribution in [2.75, 3.05) is 32.7 Å². The van der Waals surface area contributed by atoms with Crippen LogP contribution in [0.25, 0.3) is 0 Å². The highest BCUT2D eigenvalue weighted by Gasteiger charge is 1.99. The Bertz CT molecular complexity index is 130. The number of unbranched alkanes of at least 4 members (excludes halogenated alkanes) is 1. The first-order valence-electron chi connectivity index (χ1n) is 6.65. The molecule has 0 spiro atoms. The van der Waals surface area contributed by atoms with E-state index in [0.29, 0.717) is 6.04 Å². The summed E-state index contributed by atoms with van der Waals surface area (Å²) in [6.07, 6.45) is 5.95. The van der Waals surface area contributed by atoms with Crippen molar-refractivity contribution in [3.8, 4) is 0 Å². The molecule has 4 heteroatoms. The molecule has 0 radical (unpaired) electrons. The molecule has 0 aliphatic rings. The Balaban J connectivity index is 3.06. The van der Waals surface area contributed by atoms with Crippen LogP contribution in [0.2, 0.25) is 0 Å². The highest BCUT2D eigenvalue weighted by Crippen LogP contribution is 1.99. The van der Waals surface area contributed by atoms with Crippen LogP contribution in [0.4, 0.5) is 0 Å². The van der Waals surface area contributed by atoms with Crippen molar-refractivity contribution in [1.29, 1.82) is 0 Å². The van der Waals surface area contributed by atoms with Crippen LogP contribution in [0, 0.1) is 0 Å². The van der Waals surface area contributed by atoms with Crippen LogP contribution in [-0.2, 0) is 0 Å². The van der Waals surface area contributed by atoms with Gasteiger partial charge in [0.25, 0.3) is 0 Å². The van der Waals surface area contributed by atoms with Crippen LogP contribution in [0.1, 0.15) is 39.0 Å². The van der Waals surface area contributed by atoms with E-state index >= 15 is 0 Å². The molecule has 4 nitrogen and oxygen atoms in total. The summed E-state index contributed by atoms with van der Waals surface area (Å²) < 4.78 is 0. The van der Waals surface area contributed by atoms with Crippen molar-refractivity contribution in [2.24, 2.45) is 11.5 Å². The molecule has 0 aliphatic heterocycles. The van der Waals surface area contributed by atoms with Crippen LogP contribution in [0.5, 0.6) is 0 Å². The van der Waals surface area contributed by atoms with Gasteiger partial charge in [0.2, 0.25) is 0 Å². The normalized spacial score (nSPS) is 12.9. The predicted molar refractivity (Wildman–Crippen MR) is 71.5 cm³/mol. The average molecular weight is 230 g/mol. The summed E-state index contributed by atoms with van der Waals surface area (Å²) >= 11 is 0. The zero-order valence-electron chi connectivity index (χ0n) is 10.8. The smallest absolute Gasteiger partial charge is 0.00387 e. The molecule has 6 N–H and O–H groups in total. The molecule has 98 valence electrons. The fraction of sp³-hybridized carbons (Fsp3) is 1.00. The standard InChI is InChI=1S/C12H30N4/c1-12(16-11-5-8-14)6-2-3-9-15-10-4-7-13/h12,15-16H,2-11,13-14H2,1H3. The third-order valence-electron chi connectivity index (χ3n) is 2.67. The van der Waals surface area contributed by atoms with E-state index < -0.39 is 0 Å². The zero-order valence-corrected chi connectivity index (χ0v) is 10.8. The minimum atomic E-state index is 0.621. The first kappa shape index (κ1) is 15.8. The van der Waals surface area contributed by atoms with Crippen molar-refractivity contribution in [1.82, 2.24) is 10.6 Å². The van der Waals surface area contributed by atoms with Gasteiger partial charge in [-0.15, -0.1) is 0 Å². The lowest BCUT2D eigenvalue weighted by Gasteiger charge is -2.13. The Kier molecular flexibility index (Phi) is 12.8. The van der Waals surface area contributed by atoms with E-state index in [0.717, 1.165) is 45.6 Å². The lowest BCUT2D eigenvalue weighted by Crippen LogP contribution is -2.28. The van der Waals surface area contributed by atoms with Crippen molar-refractivity contribution >= 4 is 0 Å². The number of rotatable bonds is 12. The predicted octanol–water partition coefficient (Wildman–Crippen LogP) is 0.422. The third kappa shape index (κ3) is 11.9. The van der Waals surface area contributed by atoms with Gasteiger partial charge in [-0.25, -0.2) is 0 Å². The third-order valence-corrected chi connectivity index (χ3v) is 2.67. The minimum Gasteiger partial charge on any atom is -0.330 e. The van der Waals surface area contributed by atoms with Crippen LogP contribution in [0.15, 0.2) is 0 Å². The first-order valence-corrected chi connectivity index (χ1v) is 6.65. The maximum Gasteiger partial charge on any atom is 0.00387 e. The summed E-state index contributed by atoms with van der Waals surface area (Å²) in [6, 6.07) is 0.621. The number of hydrogen-bond donors (Lipinski definition) is 4. The maximum atomic E-state index is 5.44. The van der Waals surface area contributed by atoms with Crippen LogP contribution in [-0.4, -0.2) is 38.8 Å². The summed E-state index contributed by atoms with van der Waals surface area (Å²) in [7, 11) is 0. The Hall–Kier alpha value is -0.160. The van der Waals surface area contributed by atoms with Crippen LogP contribution in [0.3, 0.4) is 0 Å². The lowest BCUT2D eigenvalue weighted by atomic mass is 10.1. The summed E-state index contributed by atoms with van der Waals surface area (Å²) in [5, 5.41) is 6.87. The second-order valence-electron chi connectivity index (χ2n) is 4.39. The molecule has 0 aromatic heterocycles. The lowest BCUT2D eigenvalue weighted by molar-refractivity contribution is 0.479. The Morgan fingerprint density at radius 3 is 2.19 bits per heavy atom. The van der Waals surface area contributed by atoms with Crippen molar-refractivity contribution < 1.29 is 0 Å². The Morgan fingerprint density at radius 1 is 0.875 bits per heavy atom. The number of nitrogens with one attached hydrogen (secondary N) is 2. The van der Waals surface area contributed by atoms with Gasteiger partial charge in [-0.1, -0.05) is 6.42 Å². The molecule has 0 amide bonds. The molecular weight excluding hydrogens is 200 g/mol. The maximum absolute atomic E-state index is 5.44. The van der Waals surface area contributed by atoms with E-state index in [1.165, 1.54) is 19.3 Å². The van der Waals surface area contributed by atoms with Gasteiger partial charge in [0.1, 0.15) is 0 Å². The quantitative estimate of drug-likeness (QED) is 0.367. The van der Waals surface area contributed by atoms with Gasteiger partial charge < -0.3 is 22.1 Å². The van der Waals surface area contributed by atoms with Gasteiger partial charge in [0, 0.05) is 6.04 Å². The van der Waals surface area contributed by atoms with Gasteiger partial charge in [-0.3, -0.25) is 0 Å². The molecule has 16 heavy (non-hydrogen) atoms. The first-order chi connectivity index (χ1) is 7.81. The molecule has 0 bridgehead atoms. The number of nitrogens with two attached hydrogens (primary N) is 2. The van der Waals surface area contributed by atoms with Gasteiger partial charge >= 0.3 is 0 Å². The summed E-state index contributed by atoms with van der Waals surface area (Å²) in [6.45, 7) is 7.04. The second kappa shape index (κ2) is 12.9. The van der Waals surface area contributed by atoms with Crippen LogP contribution >= 0.6 is 0 Å². The Morgan fingerprint density at radius 2 is 1.50 bits per heavy atom. The van der Waals surface area contributed by atoms with E-state index in [4.69, 9.17) is 11.5 Å². The minimum absolute atomic E-state index is 0.621. The van der Waals surface area contributed by atoms with Crippen molar-refractivity contribution in [2.45, 2.75) is 45.1 Å². The molecule has 0 aliphatic carbocycles. The monoisotopic (exact) mass is 230 g/mol. The van der Waals surface area contributed by atoms with Gasteiger partial charge in [0.05, 0.1) is 0 Å². The highest BCUT2D eigenvalue weighted by molar-refractivity contribution is 4.61. The second-order valence-corrected chi connectivity index (χ2v) is 4.39. The van der Waals surface area contributed by atoms with Crippen molar-refractivity contribution in [3.05, 3.63) is 0 Å². The van der Waals surface area contributed by atoms with Gasteiger partial charge in [0.15, 0.2) is 0 Å². The molecule has 0 aromatic carbocycles. The zero-order chi connectivity index (χ0) is 12.1. The fourth-order valence-electron chi connectivity index (χ4n) is 1.61. The van der Waals surface area contributed by atoms with Gasteiger partial charge in [-0.2, -0.15) is 0 Å². The SMILES string of the molecule is CC(CCCCNCCCN)NCCCN. The highest BCUT2D eigenvalue weighted by atomic mass is 14.9. The van der Waals surface area contributed by atoms with E-state index in [1.54, 1.807) is 0 Å². The number of hydrogen-bond acceptors (Lipinski definition) is 4. The van der Waals surface area contributed by atoms with E-state index in [9.17, 15) is 0 Å². The molecule has 1 unspecified atom stereocenters. The fourth-order valence-corrected chi connectivity index (χ4v) is 1.61. The van der Waals surface area contributed by atoms with E-state index in [1.807, 2.05) is 0 Å². The molecule has 0 heterocycles. The topological polar surface area (TPSA) is 76.1 Å². The Labute approximate surface area is 101 Å². The molecule has 1 atom stereocenters. The van der Waals surface area contributed by atoms with Crippen LogP contribution < -0.4 is 22.1 Å². The molecule has 0 fully saturated rings.